The summed E-state index contributed by atoms with van der Waals surface area (Å²) in [5.74, 6) is 0. The molecule has 1 fully saturated rings. The van der Waals surface area contributed by atoms with Crippen molar-refractivity contribution in [2.45, 2.75) is 45.3 Å². The maximum absolute atomic E-state index is 12.3. The number of benzene rings is 1. The number of nitrogens with zero attached hydrogens (tertiary/aromatic N) is 1. The normalized spacial score (nSPS) is 18.4. The van der Waals surface area contributed by atoms with Crippen molar-refractivity contribution in [2.75, 3.05) is 18.4 Å². The van der Waals surface area contributed by atoms with Crippen molar-refractivity contribution in [1.82, 2.24) is 4.90 Å². The Balaban J connectivity index is 1.61. The molecule has 23 heavy (non-hydrogen) atoms. The minimum absolute atomic E-state index is 0.197. The van der Waals surface area contributed by atoms with Crippen molar-refractivity contribution in [3.63, 3.8) is 0 Å². The van der Waals surface area contributed by atoms with Gasteiger partial charge in [0.05, 0.1) is 6.04 Å². The van der Waals surface area contributed by atoms with Crippen molar-refractivity contribution < 1.29 is 9.53 Å². The summed E-state index contributed by atoms with van der Waals surface area (Å²) < 4.78 is 6.81. The SMILES string of the molecule is CC(C)(C)OC(=O)N1CCCC1CNc1ccc2sccc2c1. The molecule has 0 saturated carbocycles. The van der Waals surface area contributed by atoms with Crippen molar-refractivity contribution in [2.24, 2.45) is 0 Å². The first kappa shape index (κ1) is 16.1. The van der Waals surface area contributed by atoms with Crippen molar-refractivity contribution >= 4 is 33.2 Å². The van der Waals surface area contributed by atoms with Crippen molar-refractivity contribution in [1.29, 1.82) is 0 Å². The van der Waals surface area contributed by atoms with E-state index >= 15 is 0 Å². The van der Waals surface area contributed by atoms with E-state index in [1.807, 2.05) is 25.7 Å². The van der Waals surface area contributed by atoms with Crippen molar-refractivity contribution in [3.8, 4) is 0 Å². The van der Waals surface area contributed by atoms with Crippen LogP contribution in [0.4, 0.5) is 10.5 Å². The molecule has 1 unspecified atom stereocenters. The van der Waals surface area contributed by atoms with Crippen LogP contribution in [0.5, 0.6) is 0 Å². The van der Waals surface area contributed by atoms with E-state index in [1.165, 1.54) is 10.1 Å². The molecule has 1 atom stereocenters. The number of hydrogen-bond acceptors (Lipinski definition) is 4. The molecule has 3 rings (SSSR count). The summed E-state index contributed by atoms with van der Waals surface area (Å²) in [6.07, 6.45) is 1.86. The van der Waals surface area contributed by atoms with Gasteiger partial charge in [0, 0.05) is 23.5 Å². The van der Waals surface area contributed by atoms with Crippen LogP contribution in [-0.4, -0.2) is 35.7 Å². The number of thiophene rings is 1. The van der Waals surface area contributed by atoms with Crippen LogP contribution in [0.15, 0.2) is 29.6 Å². The van der Waals surface area contributed by atoms with Crippen LogP contribution in [0.1, 0.15) is 33.6 Å². The lowest BCUT2D eigenvalue weighted by atomic mass is 10.2. The number of carbonyl (C=O) groups excluding carboxylic acids is 1. The highest BCUT2D eigenvalue weighted by atomic mass is 32.1. The highest BCUT2D eigenvalue weighted by Crippen LogP contribution is 2.25. The second kappa shape index (κ2) is 6.40. The number of rotatable bonds is 3. The van der Waals surface area contributed by atoms with E-state index in [9.17, 15) is 4.79 Å². The highest BCUT2D eigenvalue weighted by Gasteiger charge is 2.31. The molecule has 0 aliphatic carbocycles. The Hall–Kier alpha value is -1.75. The first-order chi connectivity index (χ1) is 10.9. The fourth-order valence-electron chi connectivity index (χ4n) is 2.92. The summed E-state index contributed by atoms with van der Waals surface area (Å²) in [5, 5.41) is 6.84. The number of hydrogen-bond donors (Lipinski definition) is 1. The topological polar surface area (TPSA) is 41.6 Å². The summed E-state index contributed by atoms with van der Waals surface area (Å²) in [6.45, 7) is 7.26. The number of anilines is 1. The zero-order valence-corrected chi connectivity index (χ0v) is 14.8. The van der Waals surface area contributed by atoms with Gasteiger partial charge in [0.2, 0.25) is 0 Å². The Morgan fingerprint density at radius 1 is 1.39 bits per heavy atom. The second-order valence-electron chi connectivity index (χ2n) is 7.02. The Morgan fingerprint density at radius 2 is 2.22 bits per heavy atom. The highest BCUT2D eigenvalue weighted by molar-refractivity contribution is 7.17. The number of fused-ring (bicyclic) bond motifs is 1. The fraction of sp³-hybridized carbons (Fsp3) is 0.500. The van der Waals surface area contributed by atoms with E-state index in [0.717, 1.165) is 31.6 Å². The molecule has 1 amide bonds. The van der Waals surface area contributed by atoms with Gasteiger partial charge in [0.25, 0.3) is 0 Å². The molecule has 4 nitrogen and oxygen atoms in total. The predicted molar refractivity (Wildman–Crippen MR) is 96.3 cm³/mol. The van der Waals surface area contributed by atoms with Crippen LogP contribution in [-0.2, 0) is 4.74 Å². The monoisotopic (exact) mass is 332 g/mol. The van der Waals surface area contributed by atoms with E-state index in [1.54, 1.807) is 11.3 Å². The summed E-state index contributed by atoms with van der Waals surface area (Å²) in [5.41, 5.74) is 0.661. The number of likely N-dealkylation sites (tertiary alicyclic amines) is 1. The lowest BCUT2D eigenvalue weighted by Gasteiger charge is -2.29. The number of nitrogens with one attached hydrogen (secondary N) is 1. The standard InChI is InChI=1S/C18H24N2O2S/c1-18(2,3)22-17(21)20-9-4-5-15(20)12-19-14-6-7-16-13(11-14)8-10-23-16/h6-8,10-11,15,19H,4-5,9,12H2,1-3H3. The lowest BCUT2D eigenvalue weighted by molar-refractivity contribution is 0.0235. The van der Waals surface area contributed by atoms with Crippen LogP contribution >= 0.6 is 11.3 Å². The van der Waals surface area contributed by atoms with Gasteiger partial charge in [-0.25, -0.2) is 4.79 Å². The van der Waals surface area contributed by atoms with Gasteiger partial charge in [0.1, 0.15) is 5.60 Å². The van der Waals surface area contributed by atoms with Gasteiger partial charge in [-0.05, 0) is 68.6 Å². The largest absolute Gasteiger partial charge is 0.444 e. The Morgan fingerprint density at radius 3 is 3.00 bits per heavy atom. The van der Waals surface area contributed by atoms with Gasteiger partial charge < -0.3 is 15.0 Å². The predicted octanol–water partition coefficient (Wildman–Crippen LogP) is 4.71. The lowest BCUT2D eigenvalue weighted by Crippen LogP contribution is -2.42. The first-order valence-corrected chi connectivity index (χ1v) is 9.01. The molecule has 1 aliphatic heterocycles. The maximum atomic E-state index is 12.3. The summed E-state index contributed by atoms with van der Waals surface area (Å²) >= 11 is 1.75. The molecule has 1 aromatic carbocycles. The fourth-order valence-corrected chi connectivity index (χ4v) is 3.69. The average molecular weight is 332 g/mol. The van der Waals surface area contributed by atoms with Crippen molar-refractivity contribution in [3.05, 3.63) is 29.6 Å². The van der Waals surface area contributed by atoms with Crippen LogP contribution in [0.2, 0.25) is 0 Å². The third-order valence-corrected chi connectivity index (χ3v) is 4.90. The second-order valence-corrected chi connectivity index (χ2v) is 7.97. The summed E-state index contributed by atoms with van der Waals surface area (Å²) in [6, 6.07) is 8.74. The molecule has 1 aliphatic rings. The molecule has 1 saturated heterocycles. The van der Waals surface area contributed by atoms with E-state index in [-0.39, 0.29) is 12.1 Å². The Kier molecular flexibility index (Phi) is 4.48. The van der Waals surface area contributed by atoms with Crippen LogP contribution in [0, 0.1) is 0 Å². The molecule has 5 heteroatoms. The molecular formula is C18H24N2O2S. The van der Waals surface area contributed by atoms with Gasteiger partial charge in [-0.3, -0.25) is 0 Å². The number of carbonyl (C=O) groups is 1. The minimum Gasteiger partial charge on any atom is -0.444 e. The molecule has 0 bridgehead atoms. The molecule has 0 spiro atoms. The van der Waals surface area contributed by atoms with Gasteiger partial charge in [-0.1, -0.05) is 0 Å². The molecule has 2 aromatic rings. The first-order valence-electron chi connectivity index (χ1n) is 8.13. The Labute approximate surface area is 141 Å². The number of ether oxygens (including phenoxy) is 1. The van der Waals surface area contributed by atoms with E-state index in [4.69, 9.17) is 4.74 Å². The third kappa shape index (κ3) is 3.96. The zero-order chi connectivity index (χ0) is 16.4. The molecule has 1 aromatic heterocycles. The van der Waals surface area contributed by atoms with Gasteiger partial charge in [-0.15, -0.1) is 11.3 Å². The minimum atomic E-state index is -0.443. The average Bonchev–Trinajstić information content (AvgIpc) is 3.11. The summed E-state index contributed by atoms with van der Waals surface area (Å²) in [4.78, 5) is 14.2. The number of amides is 1. The molecule has 1 N–H and O–H groups in total. The van der Waals surface area contributed by atoms with E-state index in [2.05, 4.69) is 35.0 Å². The molecule has 124 valence electrons. The quantitative estimate of drug-likeness (QED) is 0.885. The smallest absolute Gasteiger partial charge is 0.410 e. The molecule has 0 radical (unpaired) electrons. The Bertz CT molecular complexity index is 690. The molecule has 2 heterocycles. The molecular weight excluding hydrogens is 308 g/mol. The van der Waals surface area contributed by atoms with Crippen LogP contribution in [0.25, 0.3) is 10.1 Å². The van der Waals surface area contributed by atoms with E-state index < -0.39 is 5.60 Å². The van der Waals surface area contributed by atoms with Gasteiger partial charge in [-0.2, -0.15) is 0 Å². The van der Waals surface area contributed by atoms with Gasteiger partial charge in [0.15, 0.2) is 0 Å². The van der Waals surface area contributed by atoms with Gasteiger partial charge >= 0.3 is 6.09 Å². The maximum Gasteiger partial charge on any atom is 0.410 e. The van der Waals surface area contributed by atoms with E-state index in [0.29, 0.717) is 0 Å². The third-order valence-electron chi connectivity index (χ3n) is 4.00. The zero-order valence-electron chi connectivity index (χ0n) is 14.0. The van der Waals surface area contributed by atoms with Crippen LogP contribution in [0.3, 0.4) is 0 Å². The van der Waals surface area contributed by atoms with Crippen LogP contribution < -0.4 is 5.32 Å². The summed E-state index contributed by atoms with van der Waals surface area (Å²) in [7, 11) is 0.